The summed E-state index contributed by atoms with van der Waals surface area (Å²) < 4.78 is 0. The molecule has 1 rings (SSSR count). The van der Waals surface area contributed by atoms with Crippen LogP contribution in [0.1, 0.15) is 6.42 Å². The summed E-state index contributed by atoms with van der Waals surface area (Å²) in [6, 6.07) is 0. The van der Waals surface area contributed by atoms with Crippen molar-refractivity contribution < 1.29 is 0 Å². The summed E-state index contributed by atoms with van der Waals surface area (Å²) in [6.45, 7) is 0. The van der Waals surface area contributed by atoms with Crippen LogP contribution in [0.3, 0.4) is 0 Å². The third-order valence-electron chi connectivity index (χ3n) is 0.655. The minimum Gasteiger partial charge on any atom is -0.0966 e. The first-order valence-corrected chi connectivity index (χ1v) is 3.78. The van der Waals surface area contributed by atoms with Crippen molar-refractivity contribution in [3.63, 3.8) is 0 Å². The molecule has 0 amide bonds. The number of allylic oxidation sites excluding steroid dienone is 4. The predicted molar refractivity (Wildman–Crippen MR) is 37.7 cm³/mol. The molecule has 1 aliphatic carbocycles. The lowest BCUT2D eigenvalue weighted by Crippen LogP contribution is -1.37. The highest BCUT2D eigenvalue weighted by molar-refractivity contribution is 9.08. The molecule has 0 radical (unpaired) electrons. The third kappa shape index (κ3) is 3.80. The zero-order chi connectivity index (χ0) is 5.54. The van der Waals surface area contributed by atoms with E-state index < -0.39 is 0 Å². The Morgan fingerprint density at radius 3 is 1.71 bits per heavy atom. The normalized spacial score (nSPS) is 13.4. The van der Waals surface area contributed by atoms with Gasteiger partial charge in [-0.2, -0.15) is 0 Å². The first-order chi connectivity index (χ1) is 3.50. The van der Waals surface area contributed by atoms with Crippen LogP contribution in [0.5, 0.6) is 0 Å². The number of hydrogen-bond donors (Lipinski definition) is 0. The van der Waals surface area contributed by atoms with E-state index in [4.69, 9.17) is 0 Å². The largest absolute Gasteiger partial charge is 0.0966 e. The lowest BCUT2D eigenvalue weighted by Gasteiger charge is -1.57. The Bertz CT molecular complexity index is 62.2. The summed E-state index contributed by atoms with van der Waals surface area (Å²) >= 11 is 2.94. The minimum absolute atomic E-state index is 1.14. The van der Waals surface area contributed by atoms with E-state index in [1.54, 1.807) is 0 Å². The molecule has 0 saturated carbocycles. The van der Waals surface area contributed by atoms with E-state index in [0.717, 1.165) is 6.42 Å². The van der Waals surface area contributed by atoms with Crippen LogP contribution in [-0.2, 0) is 0 Å². The highest BCUT2D eigenvalue weighted by Crippen LogP contribution is 1.93. The van der Waals surface area contributed by atoms with Gasteiger partial charge in [-0.25, -0.2) is 0 Å². The first kappa shape index (κ1) is 6.96. The fourth-order valence-electron chi connectivity index (χ4n) is 0.393. The van der Waals surface area contributed by atoms with Crippen molar-refractivity contribution in [2.75, 3.05) is 5.83 Å². The van der Waals surface area contributed by atoms with Gasteiger partial charge in [0.25, 0.3) is 0 Å². The second kappa shape index (κ2) is 5.96. The molecule has 0 bridgehead atoms. The Morgan fingerprint density at radius 1 is 1.14 bits per heavy atom. The second-order valence-corrected chi connectivity index (χ2v) is 1.09. The zero-order valence-corrected chi connectivity index (χ0v) is 5.98. The highest BCUT2D eigenvalue weighted by Gasteiger charge is 1.72. The van der Waals surface area contributed by atoms with Crippen LogP contribution in [0.2, 0.25) is 0 Å². The zero-order valence-electron chi connectivity index (χ0n) is 4.39. The van der Waals surface area contributed by atoms with E-state index >= 15 is 0 Å². The Balaban J connectivity index is 0.000000162. The Kier molecular flexibility index (Phi) is 5.93. The first-order valence-electron chi connectivity index (χ1n) is 2.19. The summed E-state index contributed by atoms with van der Waals surface area (Å²) in [5.41, 5.74) is 0. The molecule has 0 aliphatic heterocycles. The average Bonchev–Trinajstić information content (AvgIpc) is 2.23. The van der Waals surface area contributed by atoms with Gasteiger partial charge < -0.3 is 0 Å². The van der Waals surface area contributed by atoms with Crippen LogP contribution in [-0.4, -0.2) is 5.83 Å². The molecule has 0 nitrogen and oxygen atoms in total. The topological polar surface area (TPSA) is 0 Å². The molecule has 0 N–H and O–H groups in total. The lowest BCUT2D eigenvalue weighted by molar-refractivity contribution is 1.45. The molecule has 0 heterocycles. The van der Waals surface area contributed by atoms with Gasteiger partial charge in [0, 0.05) is 0 Å². The molecule has 0 unspecified atom stereocenters. The smallest absolute Gasteiger partial charge is 0.00848 e. The van der Waals surface area contributed by atoms with Crippen molar-refractivity contribution >= 4 is 15.9 Å². The summed E-state index contributed by atoms with van der Waals surface area (Å²) in [4.78, 5) is 0. The van der Waals surface area contributed by atoms with E-state index in [0.29, 0.717) is 0 Å². The molecule has 0 spiro atoms. The van der Waals surface area contributed by atoms with Gasteiger partial charge in [0.15, 0.2) is 0 Å². The second-order valence-electron chi connectivity index (χ2n) is 1.09. The van der Waals surface area contributed by atoms with Gasteiger partial charge in [0.2, 0.25) is 0 Å². The van der Waals surface area contributed by atoms with Crippen molar-refractivity contribution in [2.24, 2.45) is 0 Å². The SMILES string of the molecule is C1=CCC=C1.CBr. The van der Waals surface area contributed by atoms with E-state index in [9.17, 15) is 0 Å². The molecule has 0 aromatic rings. The molecule has 40 valence electrons. The van der Waals surface area contributed by atoms with Crippen molar-refractivity contribution in [3.8, 4) is 0 Å². The molecule has 1 aliphatic rings. The van der Waals surface area contributed by atoms with Crippen LogP contribution < -0.4 is 0 Å². The van der Waals surface area contributed by atoms with Crippen LogP contribution >= 0.6 is 15.9 Å². The number of halogens is 1. The standard InChI is InChI=1S/C5H6.CH3Br/c1-2-4-5-3-1;1-2/h1-4H,5H2;1H3. The molecule has 1 heteroatoms. The van der Waals surface area contributed by atoms with Crippen molar-refractivity contribution in [2.45, 2.75) is 6.42 Å². The van der Waals surface area contributed by atoms with Crippen LogP contribution in [0, 0.1) is 0 Å². The Morgan fingerprint density at radius 2 is 1.57 bits per heavy atom. The van der Waals surface area contributed by atoms with E-state index in [1.807, 2.05) is 5.83 Å². The number of hydrogen-bond acceptors (Lipinski definition) is 0. The van der Waals surface area contributed by atoms with Gasteiger partial charge in [-0.3, -0.25) is 0 Å². The molecular formula is C6H9Br. The predicted octanol–water partition coefficient (Wildman–Crippen LogP) is 2.51. The number of rotatable bonds is 0. The Labute approximate surface area is 53.1 Å². The van der Waals surface area contributed by atoms with Gasteiger partial charge in [-0.05, 0) is 12.3 Å². The van der Waals surface area contributed by atoms with Gasteiger partial charge in [-0.15, -0.1) is 0 Å². The number of alkyl halides is 1. The monoisotopic (exact) mass is 160 g/mol. The minimum atomic E-state index is 1.14. The van der Waals surface area contributed by atoms with Crippen LogP contribution in [0.25, 0.3) is 0 Å². The van der Waals surface area contributed by atoms with Gasteiger partial charge in [0.1, 0.15) is 0 Å². The van der Waals surface area contributed by atoms with Crippen molar-refractivity contribution in [1.82, 2.24) is 0 Å². The molecular weight excluding hydrogens is 152 g/mol. The van der Waals surface area contributed by atoms with Gasteiger partial charge >= 0.3 is 0 Å². The van der Waals surface area contributed by atoms with Crippen molar-refractivity contribution in [3.05, 3.63) is 24.3 Å². The average molecular weight is 161 g/mol. The summed E-state index contributed by atoms with van der Waals surface area (Å²) in [6.07, 6.45) is 9.50. The third-order valence-corrected chi connectivity index (χ3v) is 0.655. The van der Waals surface area contributed by atoms with Gasteiger partial charge in [-0.1, -0.05) is 40.2 Å². The molecule has 7 heavy (non-hydrogen) atoms. The van der Waals surface area contributed by atoms with Crippen LogP contribution in [0.15, 0.2) is 24.3 Å². The molecule has 0 fully saturated rings. The maximum atomic E-state index is 2.94. The van der Waals surface area contributed by atoms with Crippen LogP contribution in [0.4, 0.5) is 0 Å². The summed E-state index contributed by atoms with van der Waals surface area (Å²) in [7, 11) is 0. The highest BCUT2D eigenvalue weighted by atomic mass is 79.9. The van der Waals surface area contributed by atoms with Gasteiger partial charge in [0.05, 0.1) is 0 Å². The summed E-state index contributed by atoms with van der Waals surface area (Å²) in [5.74, 6) is 1.81. The van der Waals surface area contributed by atoms with E-state index in [2.05, 4.69) is 40.2 Å². The Hall–Kier alpha value is -0.0400. The maximum absolute atomic E-state index is 2.94. The summed E-state index contributed by atoms with van der Waals surface area (Å²) in [5, 5.41) is 0. The molecule has 0 atom stereocenters. The fraction of sp³-hybridized carbons (Fsp3) is 0.333. The van der Waals surface area contributed by atoms with E-state index in [-0.39, 0.29) is 0 Å². The maximum Gasteiger partial charge on any atom is -0.00848 e. The van der Waals surface area contributed by atoms with Crippen molar-refractivity contribution in [1.29, 1.82) is 0 Å². The lowest BCUT2D eigenvalue weighted by atomic mass is 10.5. The fourth-order valence-corrected chi connectivity index (χ4v) is 0.393. The molecule has 0 aromatic carbocycles. The molecule has 0 saturated heterocycles. The molecule has 0 aromatic heterocycles. The quantitative estimate of drug-likeness (QED) is 0.479. The van der Waals surface area contributed by atoms with E-state index in [1.165, 1.54) is 0 Å².